The highest BCUT2D eigenvalue weighted by Crippen LogP contribution is 2.21. The first kappa shape index (κ1) is 12.8. The minimum atomic E-state index is 0.375. The molecule has 5 heteroatoms. The normalized spacial score (nSPS) is 19.6. The van der Waals surface area contributed by atoms with Crippen molar-refractivity contribution >= 4 is 21.7 Å². The molecule has 1 aromatic heterocycles. The lowest BCUT2D eigenvalue weighted by atomic mass is 10.2. The average Bonchev–Trinajstić information content (AvgIpc) is 2.83. The number of aryl methyl sites for hydroxylation is 2. The molecule has 0 bridgehead atoms. The lowest BCUT2D eigenvalue weighted by Gasteiger charge is -2.15. The highest BCUT2D eigenvalue weighted by molar-refractivity contribution is 9.10. The summed E-state index contributed by atoms with van der Waals surface area (Å²) in [6.45, 7) is 5.79. The summed E-state index contributed by atoms with van der Waals surface area (Å²) in [4.78, 5) is 9.20. The first-order valence-electron chi connectivity index (χ1n) is 6.14. The number of aromatic nitrogens is 2. The SMILES string of the molecule is CCc1nc(NC2CCOC2)c(CC)nc1Br. The van der Waals surface area contributed by atoms with Gasteiger partial charge in [0.2, 0.25) is 0 Å². The molecule has 1 unspecified atom stereocenters. The first-order valence-corrected chi connectivity index (χ1v) is 6.93. The van der Waals surface area contributed by atoms with Crippen LogP contribution in [0.1, 0.15) is 31.7 Å². The number of nitrogens with zero attached hydrogens (tertiary/aromatic N) is 2. The monoisotopic (exact) mass is 299 g/mol. The summed E-state index contributed by atoms with van der Waals surface area (Å²) in [5, 5.41) is 3.44. The second kappa shape index (κ2) is 5.78. The molecule has 1 aromatic rings. The molecular formula is C12H18BrN3O. The summed E-state index contributed by atoms with van der Waals surface area (Å²) in [7, 11) is 0. The Bertz CT molecular complexity index is 392. The fraction of sp³-hybridized carbons (Fsp3) is 0.667. The van der Waals surface area contributed by atoms with Crippen LogP contribution in [0.3, 0.4) is 0 Å². The Balaban J connectivity index is 2.23. The topological polar surface area (TPSA) is 47.0 Å². The van der Waals surface area contributed by atoms with E-state index in [0.29, 0.717) is 6.04 Å². The van der Waals surface area contributed by atoms with Gasteiger partial charge in [-0.1, -0.05) is 13.8 Å². The number of hydrogen-bond donors (Lipinski definition) is 1. The molecule has 0 amide bonds. The van der Waals surface area contributed by atoms with E-state index in [-0.39, 0.29) is 0 Å². The van der Waals surface area contributed by atoms with Crippen LogP contribution in [0.2, 0.25) is 0 Å². The number of anilines is 1. The molecule has 1 aliphatic rings. The van der Waals surface area contributed by atoms with Gasteiger partial charge in [0.15, 0.2) is 0 Å². The largest absolute Gasteiger partial charge is 0.379 e. The van der Waals surface area contributed by atoms with Crippen molar-refractivity contribution in [1.29, 1.82) is 0 Å². The summed E-state index contributed by atoms with van der Waals surface area (Å²) in [6.07, 6.45) is 2.81. The van der Waals surface area contributed by atoms with Crippen LogP contribution < -0.4 is 5.32 Å². The minimum absolute atomic E-state index is 0.375. The van der Waals surface area contributed by atoms with Crippen molar-refractivity contribution in [3.63, 3.8) is 0 Å². The van der Waals surface area contributed by atoms with Crippen molar-refractivity contribution < 1.29 is 4.74 Å². The van der Waals surface area contributed by atoms with E-state index in [2.05, 4.69) is 45.1 Å². The molecule has 2 rings (SSSR count). The van der Waals surface area contributed by atoms with E-state index in [1.807, 2.05) is 0 Å². The van der Waals surface area contributed by atoms with Gasteiger partial charge < -0.3 is 10.1 Å². The molecule has 1 fully saturated rings. The molecule has 0 saturated carbocycles. The van der Waals surface area contributed by atoms with Gasteiger partial charge in [-0.3, -0.25) is 0 Å². The Morgan fingerprint density at radius 2 is 2.06 bits per heavy atom. The van der Waals surface area contributed by atoms with Crippen LogP contribution in [0.15, 0.2) is 4.60 Å². The Labute approximate surface area is 110 Å². The van der Waals surface area contributed by atoms with Gasteiger partial charge in [0.1, 0.15) is 10.4 Å². The van der Waals surface area contributed by atoms with Crippen molar-refractivity contribution in [2.24, 2.45) is 0 Å². The van der Waals surface area contributed by atoms with E-state index in [0.717, 1.165) is 54.3 Å². The Morgan fingerprint density at radius 1 is 1.29 bits per heavy atom. The first-order chi connectivity index (χ1) is 8.24. The van der Waals surface area contributed by atoms with Gasteiger partial charge in [-0.25, -0.2) is 9.97 Å². The van der Waals surface area contributed by atoms with Gasteiger partial charge in [-0.15, -0.1) is 0 Å². The molecule has 94 valence electrons. The highest BCUT2D eigenvalue weighted by atomic mass is 79.9. The second-order valence-corrected chi connectivity index (χ2v) is 4.92. The van der Waals surface area contributed by atoms with E-state index in [9.17, 15) is 0 Å². The summed E-state index contributed by atoms with van der Waals surface area (Å²) >= 11 is 3.47. The number of ether oxygens (including phenoxy) is 1. The number of halogens is 1. The van der Waals surface area contributed by atoms with E-state index in [4.69, 9.17) is 4.74 Å². The lowest BCUT2D eigenvalue weighted by Crippen LogP contribution is -2.21. The lowest BCUT2D eigenvalue weighted by molar-refractivity contribution is 0.195. The van der Waals surface area contributed by atoms with Crippen molar-refractivity contribution in [2.45, 2.75) is 39.2 Å². The van der Waals surface area contributed by atoms with Crippen molar-refractivity contribution in [3.8, 4) is 0 Å². The summed E-state index contributed by atoms with van der Waals surface area (Å²) in [5.74, 6) is 0.919. The van der Waals surface area contributed by atoms with Crippen LogP contribution in [-0.2, 0) is 17.6 Å². The van der Waals surface area contributed by atoms with Crippen molar-refractivity contribution in [1.82, 2.24) is 9.97 Å². The van der Waals surface area contributed by atoms with E-state index in [1.165, 1.54) is 0 Å². The van der Waals surface area contributed by atoms with E-state index < -0.39 is 0 Å². The summed E-state index contributed by atoms with van der Waals surface area (Å²) in [6, 6.07) is 0.375. The summed E-state index contributed by atoms with van der Waals surface area (Å²) in [5.41, 5.74) is 2.02. The second-order valence-electron chi connectivity index (χ2n) is 4.17. The molecule has 0 aromatic carbocycles. The maximum absolute atomic E-state index is 5.36. The third kappa shape index (κ3) is 2.96. The van der Waals surface area contributed by atoms with Crippen LogP contribution in [0.4, 0.5) is 5.82 Å². The molecule has 1 saturated heterocycles. The Hall–Kier alpha value is -0.680. The zero-order valence-electron chi connectivity index (χ0n) is 10.3. The third-order valence-corrected chi connectivity index (χ3v) is 3.57. The highest BCUT2D eigenvalue weighted by Gasteiger charge is 2.18. The summed E-state index contributed by atoms with van der Waals surface area (Å²) < 4.78 is 6.23. The molecule has 2 heterocycles. The Kier molecular flexibility index (Phi) is 4.34. The fourth-order valence-electron chi connectivity index (χ4n) is 1.91. The smallest absolute Gasteiger partial charge is 0.148 e. The standard InChI is InChI=1S/C12H18BrN3O/c1-3-9-11(13)15-10(4-2)12(16-9)14-8-5-6-17-7-8/h8H,3-7H2,1-2H3,(H,14,16). The van der Waals surface area contributed by atoms with Gasteiger partial charge in [-0.2, -0.15) is 0 Å². The van der Waals surface area contributed by atoms with Gasteiger partial charge >= 0.3 is 0 Å². The van der Waals surface area contributed by atoms with E-state index >= 15 is 0 Å². The van der Waals surface area contributed by atoms with Crippen LogP contribution in [0, 0.1) is 0 Å². The zero-order chi connectivity index (χ0) is 12.3. The fourth-order valence-corrected chi connectivity index (χ4v) is 2.49. The molecule has 1 N–H and O–H groups in total. The van der Waals surface area contributed by atoms with Gasteiger partial charge in [0.05, 0.1) is 24.0 Å². The quantitative estimate of drug-likeness (QED) is 0.928. The average molecular weight is 300 g/mol. The number of nitrogens with one attached hydrogen (secondary N) is 1. The molecular weight excluding hydrogens is 282 g/mol. The maximum Gasteiger partial charge on any atom is 0.148 e. The molecule has 1 aliphatic heterocycles. The maximum atomic E-state index is 5.36. The van der Waals surface area contributed by atoms with Crippen LogP contribution in [0.5, 0.6) is 0 Å². The van der Waals surface area contributed by atoms with Crippen LogP contribution >= 0.6 is 15.9 Å². The van der Waals surface area contributed by atoms with Gasteiger partial charge in [-0.05, 0) is 35.2 Å². The van der Waals surface area contributed by atoms with Crippen molar-refractivity contribution in [2.75, 3.05) is 18.5 Å². The molecule has 0 aliphatic carbocycles. The minimum Gasteiger partial charge on any atom is -0.379 e. The molecule has 4 nitrogen and oxygen atoms in total. The van der Waals surface area contributed by atoms with Crippen LogP contribution in [0.25, 0.3) is 0 Å². The van der Waals surface area contributed by atoms with Crippen LogP contribution in [-0.4, -0.2) is 29.2 Å². The third-order valence-electron chi connectivity index (χ3n) is 2.93. The van der Waals surface area contributed by atoms with Crippen molar-refractivity contribution in [3.05, 3.63) is 16.0 Å². The predicted molar refractivity (Wildman–Crippen MR) is 71.3 cm³/mol. The zero-order valence-corrected chi connectivity index (χ0v) is 11.9. The van der Waals surface area contributed by atoms with Gasteiger partial charge in [0.25, 0.3) is 0 Å². The predicted octanol–water partition coefficient (Wildman–Crippen LogP) is 2.56. The van der Waals surface area contributed by atoms with E-state index in [1.54, 1.807) is 0 Å². The number of hydrogen-bond acceptors (Lipinski definition) is 4. The Morgan fingerprint density at radius 3 is 2.65 bits per heavy atom. The van der Waals surface area contributed by atoms with Gasteiger partial charge in [0, 0.05) is 6.61 Å². The molecule has 17 heavy (non-hydrogen) atoms. The molecule has 0 radical (unpaired) electrons. The number of rotatable bonds is 4. The molecule has 0 spiro atoms. The molecule has 1 atom stereocenters.